The van der Waals surface area contributed by atoms with E-state index >= 15 is 0 Å². The summed E-state index contributed by atoms with van der Waals surface area (Å²) in [6.45, 7) is 2.11. The number of nitriles is 1. The van der Waals surface area contributed by atoms with Crippen LogP contribution in [0.25, 0.3) is 32.5 Å². The highest BCUT2D eigenvalue weighted by Gasteiger charge is 2.26. The van der Waals surface area contributed by atoms with Crippen LogP contribution in [-0.4, -0.2) is 30.8 Å². The maximum atomic E-state index is 11.4. The Morgan fingerprint density at radius 3 is 2.85 bits per heavy atom. The number of fused-ring (bicyclic) bond motifs is 2. The summed E-state index contributed by atoms with van der Waals surface area (Å²) < 4.78 is 16.6. The molecule has 1 aliphatic heterocycles. The van der Waals surface area contributed by atoms with Gasteiger partial charge in [0, 0.05) is 25.1 Å². The number of nitrogens with one attached hydrogen (secondary N) is 1. The van der Waals surface area contributed by atoms with Crippen molar-refractivity contribution in [1.82, 2.24) is 4.98 Å². The van der Waals surface area contributed by atoms with Crippen molar-refractivity contribution in [1.29, 1.82) is 5.26 Å². The van der Waals surface area contributed by atoms with Crippen LogP contribution in [-0.2, 0) is 4.74 Å². The first kappa shape index (κ1) is 21.1. The van der Waals surface area contributed by atoms with Crippen molar-refractivity contribution in [3.8, 4) is 22.5 Å². The molecule has 4 aromatic rings. The molecular formula is C23H21N5O4S. The molecule has 3 aromatic heterocycles. The molecule has 5 N–H and O–H groups in total. The van der Waals surface area contributed by atoms with E-state index in [9.17, 15) is 10.1 Å². The summed E-state index contributed by atoms with van der Waals surface area (Å²) in [6, 6.07) is 11.7. The number of ether oxygens (including phenoxy) is 2. The number of carbonyl (C=O) groups excluding carboxylic acids is 1. The maximum Gasteiger partial charge on any atom is 0.410 e. The average Bonchev–Trinajstić information content (AvgIpc) is 3.38. The molecule has 5 rings (SSSR count). The molecule has 9 nitrogen and oxygen atoms in total. The summed E-state index contributed by atoms with van der Waals surface area (Å²) in [5.74, 6) is 1.32. The number of anilines is 2. The molecule has 0 atom stereocenters. The summed E-state index contributed by atoms with van der Waals surface area (Å²) >= 11 is 1.09. The van der Waals surface area contributed by atoms with Gasteiger partial charge in [0.05, 0.1) is 16.6 Å². The summed E-state index contributed by atoms with van der Waals surface area (Å²) in [5, 5.41) is 15.0. The van der Waals surface area contributed by atoms with Gasteiger partial charge in [-0.25, -0.2) is 9.78 Å². The van der Waals surface area contributed by atoms with Gasteiger partial charge < -0.3 is 30.7 Å². The first-order valence-corrected chi connectivity index (χ1v) is 11.3. The van der Waals surface area contributed by atoms with E-state index in [0.29, 0.717) is 51.0 Å². The van der Waals surface area contributed by atoms with Crippen LogP contribution in [0.4, 0.5) is 16.3 Å². The quantitative estimate of drug-likeness (QED) is 0.393. The average molecular weight is 464 g/mol. The van der Waals surface area contributed by atoms with Gasteiger partial charge >= 0.3 is 6.09 Å². The number of hydrogen-bond acceptors (Lipinski definition) is 9. The molecule has 1 aromatic carbocycles. The SMILES string of the molecule is N#Cc1c(NCC2CCOCC2)nc2sc(OC(N)=O)c(N)c2c1-c1cc2ccccc2o1. The first-order valence-electron chi connectivity index (χ1n) is 10.5. The molecule has 0 aliphatic carbocycles. The van der Waals surface area contributed by atoms with Crippen molar-refractivity contribution in [2.75, 3.05) is 30.8 Å². The van der Waals surface area contributed by atoms with Gasteiger partial charge in [-0.05, 0) is 30.9 Å². The third-order valence-corrected chi connectivity index (χ3v) is 6.70. The molecule has 33 heavy (non-hydrogen) atoms. The first-order chi connectivity index (χ1) is 16.0. The number of nitrogens with two attached hydrogens (primary N) is 2. The Kier molecular flexibility index (Phi) is 5.50. The highest BCUT2D eigenvalue weighted by molar-refractivity contribution is 7.21. The van der Waals surface area contributed by atoms with Gasteiger partial charge in [0.25, 0.3) is 0 Å². The Balaban J connectivity index is 1.69. The smallest absolute Gasteiger partial charge is 0.410 e. The largest absolute Gasteiger partial charge is 0.456 e. The highest BCUT2D eigenvalue weighted by atomic mass is 32.1. The fourth-order valence-corrected chi connectivity index (χ4v) is 5.04. The van der Waals surface area contributed by atoms with Gasteiger partial charge in [0.15, 0.2) is 0 Å². The van der Waals surface area contributed by atoms with Gasteiger partial charge in [-0.3, -0.25) is 0 Å². The second kappa shape index (κ2) is 8.61. The predicted molar refractivity (Wildman–Crippen MR) is 126 cm³/mol. The predicted octanol–water partition coefficient (Wildman–Crippen LogP) is 4.46. The van der Waals surface area contributed by atoms with Crippen LogP contribution in [0.2, 0.25) is 0 Å². The lowest BCUT2D eigenvalue weighted by Gasteiger charge is -2.22. The minimum Gasteiger partial charge on any atom is -0.456 e. The Bertz CT molecular complexity index is 1360. The number of primary amides is 1. The molecule has 10 heteroatoms. The Hall–Kier alpha value is -3.81. The second-order valence-electron chi connectivity index (χ2n) is 7.81. The van der Waals surface area contributed by atoms with Crippen molar-refractivity contribution in [3.63, 3.8) is 0 Å². The fourth-order valence-electron chi connectivity index (χ4n) is 4.08. The Morgan fingerprint density at radius 1 is 1.33 bits per heavy atom. The summed E-state index contributed by atoms with van der Waals surface area (Å²) in [4.78, 5) is 16.5. The molecule has 0 unspecified atom stereocenters. The van der Waals surface area contributed by atoms with Crippen molar-refractivity contribution in [2.24, 2.45) is 11.7 Å². The van der Waals surface area contributed by atoms with Crippen molar-refractivity contribution >= 4 is 50.1 Å². The topological polar surface area (TPSA) is 149 Å². The molecular weight excluding hydrogens is 442 g/mol. The molecule has 0 bridgehead atoms. The van der Waals surface area contributed by atoms with Gasteiger partial charge in [-0.15, -0.1) is 0 Å². The van der Waals surface area contributed by atoms with Gasteiger partial charge in [0.1, 0.15) is 33.6 Å². The van der Waals surface area contributed by atoms with E-state index in [2.05, 4.69) is 16.4 Å². The van der Waals surface area contributed by atoms with Gasteiger partial charge in [-0.2, -0.15) is 5.26 Å². The number of furan rings is 1. The van der Waals surface area contributed by atoms with Crippen LogP contribution < -0.4 is 21.5 Å². The molecule has 1 saturated heterocycles. The number of thiophene rings is 1. The number of rotatable bonds is 5. The summed E-state index contributed by atoms with van der Waals surface area (Å²) in [5.41, 5.74) is 13.2. The number of benzene rings is 1. The van der Waals surface area contributed by atoms with Crippen LogP contribution in [0.15, 0.2) is 34.7 Å². The summed E-state index contributed by atoms with van der Waals surface area (Å²) in [6.07, 6.45) is 0.906. The molecule has 1 amide bonds. The van der Waals surface area contributed by atoms with E-state index in [1.807, 2.05) is 30.3 Å². The zero-order valence-corrected chi connectivity index (χ0v) is 18.4. The normalized spacial score (nSPS) is 14.4. The Morgan fingerprint density at radius 2 is 2.12 bits per heavy atom. The molecule has 1 fully saturated rings. The second-order valence-corrected chi connectivity index (χ2v) is 8.77. The number of nitrogens with zero attached hydrogens (tertiary/aromatic N) is 2. The molecule has 168 valence electrons. The standard InChI is InChI=1S/C23H21N5O4S/c24-10-14-17(16-9-13-3-1-2-4-15(13)31-16)18-19(25)22(32-23(26)29)33-21(18)28-20(14)27-11-12-5-7-30-8-6-12/h1-4,9,12H,5-8,11,25H2,(H2,26,29)(H,27,28). The molecule has 0 radical (unpaired) electrons. The van der Waals surface area contributed by atoms with Crippen molar-refractivity contribution in [3.05, 3.63) is 35.9 Å². The molecule has 4 heterocycles. The van der Waals surface area contributed by atoms with E-state index in [1.54, 1.807) is 0 Å². The molecule has 0 saturated carbocycles. The zero-order valence-electron chi connectivity index (χ0n) is 17.6. The third-order valence-electron chi connectivity index (χ3n) is 5.72. The van der Waals surface area contributed by atoms with Crippen LogP contribution in [0.3, 0.4) is 0 Å². The number of para-hydroxylation sites is 1. The lowest BCUT2D eigenvalue weighted by atomic mass is 9.99. The minimum absolute atomic E-state index is 0.132. The van der Waals surface area contributed by atoms with Crippen LogP contribution >= 0.6 is 11.3 Å². The number of nitrogen functional groups attached to an aromatic ring is 1. The lowest BCUT2D eigenvalue weighted by Crippen LogP contribution is -2.23. The highest BCUT2D eigenvalue weighted by Crippen LogP contribution is 2.47. The van der Waals surface area contributed by atoms with Gasteiger partial charge in [-0.1, -0.05) is 29.5 Å². The number of pyridine rings is 1. The summed E-state index contributed by atoms with van der Waals surface area (Å²) in [7, 11) is 0. The Labute approximate surface area is 192 Å². The van der Waals surface area contributed by atoms with Crippen molar-refractivity contribution in [2.45, 2.75) is 12.8 Å². The van der Waals surface area contributed by atoms with Crippen molar-refractivity contribution < 1.29 is 18.7 Å². The van der Waals surface area contributed by atoms with Crippen LogP contribution in [0, 0.1) is 17.2 Å². The number of aromatic nitrogens is 1. The van der Waals surface area contributed by atoms with E-state index in [0.717, 1.165) is 42.8 Å². The van der Waals surface area contributed by atoms with Gasteiger partial charge in [0.2, 0.25) is 5.06 Å². The number of carbonyl (C=O) groups is 1. The number of hydrogen-bond donors (Lipinski definition) is 3. The monoisotopic (exact) mass is 463 g/mol. The lowest BCUT2D eigenvalue weighted by molar-refractivity contribution is 0.0699. The third kappa shape index (κ3) is 3.92. The number of amides is 1. The van der Waals surface area contributed by atoms with Crippen LogP contribution in [0.1, 0.15) is 18.4 Å². The fraction of sp³-hybridized carbons (Fsp3) is 0.261. The maximum absolute atomic E-state index is 11.4. The van der Waals surface area contributed by atoms with E-state index in [1.165, 1.54) is 0 Å². The van der Waals surface area contributed by atoms with E-state index in [4.69, 9.17) is 25.4 Å². The van der Waals surface area contributed by atoms with E-state index in [-0.39, 0.29) is 10.8 Å². The van der Waals surface area contributed by atoms with E-state index < -0.39 is 6.09 Å². The van der Waals surface area contributed by atoms with Crippen LogP contribution in [0.5, 0.6) is 5.06 Å². The zero-order chi connectivity index (χ0) is 22.9. The molecule has 1 aliphatic rings. The minimum atomic E-state index is -0.975. The molecule has 0 spiro atoms.